The summed E-state index contributed by atoms with van der Waals surface area (Å²) in [7, 11) is 0. The molecule has 0 bridgehead atoms. The smallest absolute Gasteiger partial charge is 0.178 e. The predicted molar refractivity (Wildman–Crippen MR) is 235 cm³/mol. The molecule has 0 radical (unpaired) electrons. The van der Waals surface area contributed by atoms with Crippen LogP contribution in [0.3, 0.4) is 0 Å². The summed E-state index contributed by atoms with van der Waals surface area (Å²) in [5.41, 5.74) is 17.2. The van der Waals surface area contributed by atoms with Crippen molar-refractivity contribution in [3.8, 4) is 67.5 Å². The highest BCUT2D eigenvalue weighted by Gasteiger charge is 2.53. The molecule has 0 saturated carbocycles. The number of rotatable bonds is 5. The summed E-state index contributed by atoms with van der Waals surface area (Å²) >= 11 is 0. The summed E-state index contributed by atoms with van der Waals surface area (Å²) in [5, 5.41) is 0. The molecule has 1 aliphatic heterocycles. The zero-order chi connectivity index (χ0) is 38.2. The van der Waals surface area contributed by atoms with Crippen molar-refractivity contribution >= 4 is 17.1 Å². The molecular formula is C55H35NO2. The number of hydrogen-bond acceptors (Lipinski definition) is 3. The largest absolute Gasteiger partial charge is 0.449 e. The van der Waals surface area contributed by atoms with Crippen molar-refractivity contribution < 1.29 is 9.47 Å². The van der Waals surface area contributed by atoms with Crippen molar-refractivity contribution in [1.82, 2.24) is 0 Å². The second-order valence-electron chi connectivity index (χ2n) is 15.2. The monoisotopic (exact) mass is 741 g/mol. The van der Waals surface area contributed by atoms with Crippen molar-refractivity contribution in [2.75, 3.05) is 4.90 Å². The maximum absolute atomic E-state index is 7.12. The van der Waals surface area contributed by atoms with Crippen LogP contribution >= 0.6 is 0 Å². The van der Waals surface area contributed by atoms with Gasteiger partial charge in [0.15, 0.2) is 23.0 Å². The SMILES string of the molecule is c1ccc(-c2ccc(N(c3ccc(-c4ccccc4)cc3)c3ccc4c(c3)Oc3c(ccc5c3-c3ccccc3C53c5ccccc5-c5ccccc53)O4)cc2)cc1. The minimum absolute atomic E-state index is 0.464. The van der Waals surface area contributed by atoms with Crippen LogP contribution in [0.25, 0.3) is 44.5 Å². The van der Waals surface area contributed by atoms with E-state index in [0.29, 0.717) is 11.5 Å². The maximum Gasteiger partial charge on any atom is 0.178 e. The number of fused-ring (bicyclic) bond motifs is 13. The van der Waals surface area contributed by atoms with Gasteiger partial charge in [0.2, 0.25) is 0 Å². The molecule has 2 aliphatic carbocycles. The zero-order valence-electron chi connectivity index (χ0n) is 31.5. The molecular weight excluding hydrogens is 707 g/mol. The first-order chi connectivity index (χ1) is 28.8. The van der Waals surface area contributed by atoms with E-state index in [0.717, 1.165) is 34.1 Å². The quantitative estimate of drug-likeness (QED) is 0.175. The molecule has 0 N–H and O–H groups in total. The fraction of sp³-hybridized carbons (Fsp3) is 0.0182. The fourth-order valence-corrected chi connectivity index (χ4v) is 9.66. The maximum atomic E-state index is 7.12. The lowest BCUT2D eigenvalue weighted by atomic mass is 9.70. The normalized spacial score (nSPS) is 13.2. The lowest BCUT2D eigenvalue weighted by Crippen LogP contribution is -2.25. The van der Waals surface area contributed by atoms with Gasteiger partial charge in [-0.15, -0.1) is 0 Å². The Balaban J connectivity index is 0.990. The number of ether oxygens (including phenoxy) is 2. The van der Waals surface area contributed by atoms with E-state index >= 15 is 0 Å². The predicted octanol–water partition coefficient (Wildman–Crippen LogP) is 14.7. The highest BCUT2D eigenvalue weighted by Crippen LogP contribution is 2.66. The van der Waals surface area contributed by atoms with Gasteiger partial charge in [-0.1, -0.05) is 164 Å². The van der Waals surface area contributed by atoms with E-state index in [1.165, 1.54) is 61.2 Å². The average Bonchev–Trinajstić information content (AvgIpc) is 3.77. The van der Waals surface area contributed by atoms with Crippen molar-refractivity contribution in [3.05, 3.63) is 235 Å². The third-order valence-electron chi connectivity index (χ3n) is 12.2. The first kappa shape index (κ1) is 32.6. The van der Waals surface area contributed by atoms with Crippen molar-refractivity contribution in [1.29, 1.82) is 0 Å². The lowest BCUT2D eigenvalue weighted by Gasteiger charge is -2.31. The Morgan fingerprint density at radius 3 is 1.33 bits per heavy atom. The average molecular weight is 742 g/mol. The van der Waals surface area contributed by atoms with Gasteiger partial charge in [0.05, 0.1) is 11.1 Å². The molecule has 0 saturated heterocycles. The minimum atomic E-state index is -0.464. The molecule has 9 aromatic rings. The number of benzene rings is 9. The van der Waals surface area contributed by atoms with Crippen LogP contribution in [-0.2, 0) is 5.41 Å². The topological polar surface area (TPSA) is 21.7 Å². The van der Waals surface area contributed by atoms with Gasteiger partial charge < -0.3 is 14.4 Å². The lowest BCUT2D eigenvalue weighted by molar-refractivity contribution is 0.360. The van der Waals surface area contributed by atoms with Crippen molar-refractivity contribution in [2.24, 2.45) is 0 Å². The molecule has 0 fully saturated rings. The van der Waals surface area contributed by atoms with E-state index in [-0.39, 0.29) is 0 Å². The molecule has 3 nitrogen and oxygen atoms in total. The van der Waals surface area contributed by atoms with E-state index < -0.39 is 5.41 Å². The van der Waals surface area contributed by atoms with Gasteiger partial charge in [0.25, 0.3) is 0 Å². The van der Waals surface area contributed by atoms with E-state index in [2.05, 4.69) is 211 Å². The summed E-state index contributed by atoms with van der Waals surface area (Å²) in [5.74, 6) is 2.83. The van der Waals surface area contributed by atoms with Crippen LogP contribution in [0, 0.1) is 0 Å². The Hall–Kier alpha value is -7.62. The number of hydrogen-bond donors (Lipinski definition) is 0. The van der Waals surface area contributed by atoms with E-state index in [1.807, 2.05) is 6.07 Å². The molecule has 3 aliphatic rings. The van der Waals surface area contributed by atoms with Gasteiger partial charge in [-0.3, -0.25) is 0 Å². The third kappa shape index (κ3) is 4.74. The first-order valence-electron chi connectivity index (χ1n) is 19.8. The molecule has 0 atom stereocenters. The standard InChI is InChI=1S/C55H35NO2/c1-3-13-36(14-4-1)38-23-27-40(28-24-38)56(41-29-25-39(26-30-41)37-15-5-2-6-16-37)42-31-33-50-52(35-42)58-54-51(57-50)34-32-49-53(54)45-19-9-12-22-48(45)55(49)46-20-10-7-17-43(46)44-18-8-11-21-47(44)55/h1-35H. The Morgan fingerprint density at radius 1 is 0.310 bits per heavy atom. The number of nitrogens with zero attached hydrogens (tertiary/aromatic N) is 1. The summed E-state index contributed by atoms with van der Waals surface area (Å²) < 4.78 is 13.9. The van der Waals surface area contributed by atoms with E-state index in [1.54, 1.807) is 0 Å². The molecule has 58 heavy (non-hydrogen) atoms. The summed E-state index contributed by atoms with van der Waals surface area (Å²) in [6, 6.07) is 75.8. The van der Waals surface area contributed by atoms with Crippen LogP contribution in [0.2, 0.25) is 0 Å². The minimum Gasteiger partial charge on any atom is -0.449 e. The molecule has 0 amide bonds. The molecule has 272 valence electrons. The van der Waals surface area contributed by atoms with Gasteiger partial charge in [-0.2, -0.15) is 0 Å². The molecule has 1 spiro atoms. The summed E-state index contributed by atoms with van der Waals surface area (Å²) in [6.45, 7) is 0. The van der Waals surface area contributed by atoms with E-state index in [4.69, 9.17) is 9.47 Å². The highest BCUT2D eigenvalue weighted by atomic mass is 16.6. The van der Waals surface area contributed by atoms with Crippen LogP contribution in [-0.4, -0.2) is 0 Å². The molecule has 3 heteroatoms. The van der Waals surface area contributed by atoms with Gasteiger partial charge in [-0.05, 0) is 104 Å². The Morgan fingerprint density at radius 2 is 0.759 bits per heavy atom. The van der Waals surface area contributed by atoms with Crippen LogP contribution in [0.15, 0.2) is 212 Å². The molecule has 0 aromatic heterocycles. The van der Waals surface area contributed by atoms with Crippen molar-refractivity contribution in [3.63, 3.8) is 0 Å². The van der Waals surface area contributed by atoms with Crippen LogP contribution in [0.5, 0.6) is 23.0 Å². The Labute approximate surface area is 337 Å². The molecule has 9 aromatic carbocycles. The summed E-state index contributed by atoms with van der Waals surface area (Å²) in [4.78, 5) is 2.29. The highest BCUT2D eigenvalue weighted by molar-refractivity contribution is 5.98. The fourth-order valence-electron chi connectivity index (χ4n) is 9.66. The second kappa shape index (κ2) is 12.7. The van der Waals surface area contributed by atoms with Gasteiger partial charge in [0, 0.05) is 23.0 Å². The molecule has 12 rings (SSSR count). The van der Waals surface area contributed by atoms with Crippen LogP contribution in [0.1, 0.15) is 22.3 Å². The number of anilines is 3. The van der Waals surface area contributed by atoms with Gasteiger partial charge in [-0.25, -0.2) is 0 Å². The van der Waals surface area contributed by atoms with E-state index in [9.17, 15) is 0 Å². The van der Waals surface area contributed by atoms with Gasteiger partial charge in [0.1, 0.15) is 0 Å². The third-order valence-corrected chi connectivity index (χ3v) is 12.2. The molecule has 0 unspecified atom stereocenters. The Bertz CT molecular complexity index is 2910. The van der Waals surface area contributed by atoms with Crippen molar-refractivity contribution in [2.45, 2.75) is 5.41 Å². The Kier molecular flexibility index (Phi) is 7.14. The first-order valence-corrected chi connectivity index (χ1v) is 19.8. The zero-order valence-corrected chi connectivity index (χ0v) is 31.5. The van der Waals surface area contributed by atoms with Gasteiger partial charge >= 0.3 is 0 Å². The summed E-state index contributed by atoms with van der Waals surface area (Å²) in [6.07, 6.45) is 0. The van der Waals surface area contributed by atoms with Crippen LogP contribution < -0.4 is 14.4 Å². The van der Waals surface area contributed by atoms with Crippen LogP contribution in [0.4, 0.5) is 17.1 Å². The molecule has 1 heterocycles. The second-order valence-corrected chi connectivity index (χ2v) is 15.2.